The lowest BCUT2D eigenvalue weighted by Crippen LogP contribution is -1.94. The summed E-state index contributed by atoms with van der Waals surface area (Å²) in [5, 5.41) is 4.17. The number of hydrogen-bond donors (Lipinski definition) is 0. The molecule has 0 saturated heterocycles. The molecule has 0 N–H and O–H groups in total. The predicted molar refractivity (Wildman–Crippen MR) is 66.5 cm³/mol. The van der Waals surface area contributed by atoms with E-state index in [1.54, 1.807) is 18.9 Å². The van der Waals surface area contributed by atoms with Crippen molar-refractivity contribution in [3.63, 3.8) is 0 Å². The normalized spacial score (nSPS) is 10.4. The number of hydrogen-bond acceptors (Lipinski definition) is 3. The summed E-state index contributed by atoms with van der Waals surface area (Å²) >= 11 is 0. The van der Waals surface area contributed by atoms with Crippen molar-refractivity contribution in [1.29, 1.82) is 0 Å². The summed E-state index contributed by atoms with van der Waals surface area (Å²) in [5.41, 5.74) is 3.14. The first-order valence-corrected chi connectivity index (χ1v) is 5.37. The Morgan fingerprint density at radius 3 is 2.47 bits per heavy atom. The summed E-state index contributed by atoms with van der Waals surface area (Å²) in [4.78, 5) is 0. The molecule has 0 radical (unpaired) electrons. The van der Waals surface area contributed by atoms with Crippen molar-refractivity contribution >= 4 is 0 Å². The van der Waals surface area contributed by atoms with Crippen LogP contribution in [0.25, 0.3) is 11.1 Å². The molecule has 2 aromatic rings. The van der Waals surface area contributed by atoms with Gasteiger partial charge in [-0.25, -0.2) is 0 Å². The Balaban J connectivity index is 2.63. The first kappa shape index (κ1) is 11.5. The summed E-state index contributed by atoms with van der Waals surface area (Å²) in [6, 6.07) is 4.02. The van der Waals surface area contributed by atoms with Gasteiger partial charge in [0.15, 0.2) is 11.5 Å². The average Bonchev–Trinajstić information content (AvgIpc) is 2.74. The molecule has 0 saturated carbocycles. The molecule has 0 unspecified atom stereocenters. The van der Waals surface area contributed by atoms with E-state index in [9.17, 15) is 0 Å². The van der Waals surface area contributed by atoms with E-state index in [0.29, 0.717) is 0 Å². The molecule has 0 spiro atoms. The van der Waals surface area contributed by atoms with Gasteiger partial charge in [-0.2, -0.15) is 5.10 Å². The number of nitrogens with zero attached hydrogens (tertiary/aromatic N) is 2. The zero-order chi connectivity index (χ0) is 12.4. The van der Waals surface area contributed by atoms with Crippen LogP contribution >= 0.6 is 0 Å². The molecule has 0 fully saturated rings. The highest BCUT2D eigenvalue weighted by Crippen LogP contribution is 2.38. The highest BCUT2D eigenvalue weighted by molar-refractivity contribution is 5.73. The van der Waals surface area contributed by atoms with Gasteiger partial charge in [-0.3, -0.25) is 4.68 Å². The van der Waals surface area contributed by atoms with Crippen LogP contribution < -0.4 is 9.47 Å². The van der Waals surface area contributed by atoms with Crippen molar-refractivity contribution in [3.8, 4) is 22.6 Å². The third kappa shape index (κ3) is 2.11. The van der Waals surface area contributed by atoms with Crippen LogP contribution in [0.15, 0.2) is 24.5 Å². The molecular formula is C13H16N2O2. The number of rotatable bonds is 3. The average molecular weight is 232 g/mol. The molecule has 0 amide bonds. The molecule has 0 aliphatic heterocycles. The maximum Gasteiger partial charge on any atom is 0.168 e. The second kappa shape index (κ2) is 4.49. The fourth-order valence-electron chi connectivity index (χ4n) is 1.88. The minimum absolute atomic E-state index is 0.742. The number of methoxy groups -OCH3 is 2. The van der Waals surface area contributed by atoms with Crippen molar-refractivity contribution in [2.24, 2.45) is 7.05 Å². The van der Waals surface area contributed by atoms with Crippen molar-refractivity contribution in [2.75, 3.05) is 14.2 Å². The standard InChI is InChI=1S/C13H16N2O2/c1-9-5-11(10-7-14-15(2)8-10)13(17-4)12(6-9)16-3/h5-8H,1-4H3. The monoisotopic (exact) mass is 232 g/mol. The highest BCUT2D eigenvalue weighted by atomic mass is 16.5. The van der Waals surface area contributed by atoms with Crippen LogP contribution in [0, 0.1) is 6.92 Å². The first-order valence-electron chi connectivity index (χ1n) is 5.37. The van der Waals surface area contributed by atoms with Gasteiger partial charge in [-0.15, -0.1) is 0 Å². The molecule has 90 valence electrons. The molecule has 0 bridgehead atoms. The van der Waals surface area contributed by atoms with Crippen LogP contribution in [0.3, 0.4) is 0 Å². The number of aromatic nitrogens is 2. The van der Waals surface area contributed by atoms with Crippen LogP contribution in [0.1, 0.15) is 5.56 Å². The van der Waals surface area contributed by atoms with Gasteiger partial charge in [-0.1, -0.05) is 0 Å². The molecule has 1 heterocycles. The summed E-state index contributed by atoms with van der Waals surface area (Å²) < 4.78 is 12.5. The smallest absolute Gasteiger partial charge is 0.168 e. The Kier molecular flexibility index (Phi) is 3.04. The molecule has 0 atom stereocenters. The van der Waals surface area contributed by atoms with Gasteiger partial charge < -0.3 is 9.47 Å². The summed E-state index contributed by atoms with van der Waals surface area (Å²) in [6.45, 7) is 2.03. The van der Waals surface area contributed by atoms with E-state index in [-0.39, 0.29) is 0 Å². The van der Waals surface area contributed by atoms with E-state index >= 15 is 0 Å². The van der Waals surface area contributed by atoms with Crippen LogP contribution in [0.4, 0.5) is 0 Å². The lowest BCUT2D eigenvalue weighted by Gasteiger charge is -2.12. The van der Waals surface area contributed by atoms with E-state index in [4.69, 9.17) is 9.47 Å². The predicted octanol–water partition coefficient (Wildman–Crippen LogP) is 2.41. The van der Waals surface area contributed by atoms with Crippen molar-refractivity contribution in [3.05, 3.63) is 30.1 Å². The van der Waals surface area contributed by atoms with E-state index in [1.165, 1.54) is 0 Å². The largest absolute Gasteiger partial charge is 0.493 e. The highest BCUT2D eigenvalue weighted by Gasteiger charge is 2.13. The second-order valence-electron chi connectivity index (χ2n) is 3.95. The quantitative estimate of drug-likeness (QED) is 0.815. The van der Waals surface area contributed by atoms with Crippen LogP contribution in [0.2, 0.25) is 0 Å². The summed E-state index contributed by atoms with van der Waals surface area (Å²) in [5.74, 6) is 1.48. The van der Waals surface area contributed by atoms with Crippen molar-refractivity contribution in [2.45, 2.75) is 6.92 Å². The van der Waals surface area contributed by atoms with Gasteiger partial charge in [0.05, 0.1) is 20.4 Å². The van der Waals surface area contributed by atoms with E-state index in [2.05, 4.69) is 11.2 Å². The van der Waals surface area contributed by atoms with Gasteiger partial charge in [0.25, 0.3) is 0 Å². The minimum atomic E-state index is 0.742. The Labute approximate surface area is 101 Å². The Hall–Kier alpha value is -1.97. The first-order chi connectivity index (χ1) is 8.15. The van der Waals surface area contributed by atoms with Gasteiger partial charge in [0, 0.05) is 24.4 Å². The molecular weight excluding hydrogens is 216 g/mol. The molecule has 4 heteroatoms. The zero-order valence-corrected chi connectivity index (χ0v) is 10.5. The molecule has 17 heavy (non-hydrogen) atoms. The lowest BCUT2D eigenvalue weighted by molar-refractivity contribution is 0.356. The second-order valence-corrected chi connectivity index (χ2v) is 3.95. The maximum atomic E-state index is 5.42. The maximum absolute atomic E-state index is 5.42. The SMILES string of the molecule is COc1cc(C)cc(-c2cnn(C)c2)c1OC. The Bertz CT molecular complexity index is 532. The van der Waals surface area contributed by atoms with Gasteiger partial charge in [-0.05, 0) is 24.6 Å². The number of benzene rings is 1. The van der Waals surface area contributed by atoms with Crippen LogP contribution in [0.5, 0.6) is 11.5 Å². The fraction of sp³-hybridized carbons (Fsp3) is 0.308. The lowest BCUT2D eigenvalue weighted by atomic mass is 10.0. The number of ether oxygens (including phenoxy) is 2. The molecule has 0 aliphatic rings. The minimum Gasteiger partial charge on any atom is -0.493 e. The van der Waals surface area contributed by atoms with Crippen LogP contribution in [-0.4, -0.2) is 24.0 Å². The van der Waals surface area contributed by atoms with Crippen molar-refractivity contribution < 1.29 is 9.47 Å². The van der Waals surface area contributed by atoms with Crippen LogP contribution in [-0.2, 0) is 7.05 Å². The third-order valence-corrected chi connectivity index (χ3v) is 2.64. The number of aryl methyl sites for hydroxylation is 2. The van der Waals surface area contributed by atoms with Gasteiger partial charge in [0.2, 0.25) is 0 Å². The van der Waals surface area contributed by atoms with Crippen molar-refractivity contribution in [1.82, 2.24) is 9.78 Å². The molecule has 2 rings (SSSR count). The molecule has 1 aromatic carbocycles. The zero-order valence-electron chi connectivity index (χ0n) is 10.5. The van der Waals surface area contributed by atoms with E-state index in [1.807, 2.05) is 32.4 Å². The van der Waals surface area contributed by atoms with E-state index < -0.39 is 0 Å². The van der Waals surface area contributed by atoms with E-state index in [0.717, 1.165) is 28.2 Å². The summed E-state index contributed by atoms with van der Waals surface area (Å²) in [7, 11) is 5.18. The fourth-order valence-corrected chi connectivity index (χ4v) is 1.88. The summed E-state index contributed by atoms with van der Waals surface area (Å²) in [6.07, 6.45) is 3.77. The molecule has 4 nitrogen and oxygen atoms in total. The Morgan fingerprint density at radius 2 is 1.94 bits per heavy atom. The Morgan fingerprint density at radius 1 is 1.18 bits per heavy atom. The molecule has 1 aromatic heterocycles. The van der Waals surface area contributed by atoms with Gasteiger partial charge >= 0.3 is 0 Å². The topological polar surface area (TPSA) is 36.3 Å². The molecule has 0 aliphatic carbocycles. The third-order valence-electron chi connectivity index (χ3n) is 2.64. The van der Waals surface area contributed by atoms with Gasteiger partial charge in [0.1, 0.15) is 0 Å².